The zero-order valence-corrected chi connectivity index (χ0v) is 14.3. The number of hydrogen-bond donors (Lipinski definition) is 3. The average Bonchev–Trinajstić information content (AvgIpc) is 2.46. The van der Waals surface area contributed by atoms with Crippen molar-refractivity contribution in [3.05, 3.63) is 29.8 Å². The molecule has 1 aromatic carbocycles. The van der Waals surface area contributed by atoms with Gasteiger partial charge in [0.15, 0.2) is 0 Å². The van der Waals surface area contributed by atoms with Gasteiger partial charge in [0.1, 0.15) is 0 Å². The van der Waals surface area contributed by atoms with Gasteiger partial charge in [-0.25, -0.2) is 4.79 Å². The van der Waals surface area contributed by atoms with E-state index in [-0.39, 0.29) is 18.0 Å². The molecule has 22 heavy (non-hydrogen) atoms. The van der Waals surface area contributed by atoms with Crippen LogP contribution in [0.1, 0.15) is 38.8 Å². The van der Waals surface area contributed by atoms with Gasteiger partial charge in [-0.3, -0.25) is 4.79 Å². The van der Waals surface area contributed by atoms with Gasteiger partial charge < -0.3 is 16.0 Å². The zero-order valence-electron chi connectivity index (χ0n) is 13.4. The molecular weight excluding hydrogens is 298 g/mol. The third-order valence-electron chi connectivity index (χ3n) is 3.01. The van der Waals surface area contributed by atoms with E-state index < -0.39 is 0 Å². The van der Waals surface area contributed by atoms with Crippen LogP contribution in [0.3, 0.4) is 0 Å². The van der Waals surface area contributed by atoms with Crippen LogP contribution in [-0.2, 0) is 4.79 Å². The highest BCUT2D eigenvalue weighted by Crippen LogP contribution is 2.17. The molecule has 0 spiro atoms. The summed E-state index contributed by atoms with van der Waals surface area (Å²) in [7, 11) is 0. The largest absolute Gasteiger partial charge is 0.338 e. The number of carbonyl (C=O) groups excluding carboxylic acids is 2. The fourth-order valence-electron chi connectivity index (χ4n) is 1.94. The molecule has 0 radical (unpaired) electrons. The first-order valence-electron chi connectivity index (χ1n) is 7.52. The average molecular weight is 323 g/mol. The molecule has 5 nitrogen and oxygen atoms in total. The Balaban J connectivity index is 2.42. The molecule has 0 heterocycles. The number of thioether (sulfide) groups is 1. The van der Waals surface area contributed by atoms with E-state index in [9.17, 15) is 9.59 Å². The van der Waals surface area contributed by atoms with E-state index >= 15 is 0 Å². The molecule has 0 aliphatic rings. The van der Waals surface area contributed by atoms with Crippen molar-refractivity contribution in [1.82, 2.24) is 10.6 Å². The lowest BCUT2D eigenvalue weighted by atomic mass is 10.1. The monoisotopic (exact) mass is 323 g/mol. The van der Waals surface area contributed by atoms with E-state index in [1.807, 2.05) is 43.0 Å². The molecule has 0 bridgehead atoms. The Bertz CT molecular complexity index is 494. The Morgan fingerprint density at radius 1 is 1.32 bits per heavy atom. The normalized spacial score (nSPS) is 11.6. The van der Waals surface area contributed by atoms with Crippen LogP contribution in [0.25, 0.3) is 0 Å². The second-order valence-corrected chi connectivity index (χ2v) is 6.37. The Kier molecular flexibility index (Phi) is 8.43. The number of rotatable bonds is 8. The summed E-state index contributed by atoms with van der Waals surface area (Å²) in [5.41, 5.74) is 1.68. The lowest BCUT2D eigenvalue weighted by Crippen LogP contribution is -2.37. The highest BCUT2D eigenvalue weighted by Gasteiger charge is 2.09. The van der Waals surface area contributed by atoms with Crippen LogP contribution in [0.15, 0.2) is 24.3 Å². The van der Waals surface area contributed by atoms with Crippen LogP contribution >= 0.6 is 11.8 Å². The summed E-state index contributed by atoms with van der Waals surface area (Å²) in [6.45, 7) is 6.19. The molecule has 0 aromatic heterocycles. The van der Waals surface area contributed by atoms with Gasteiger partial charge >= 0.3 is 6.03 Å². The highest BCUT2D eigenvalue weighted by atomic mass is 32.2. The SMILES string of the molecule is CCSCCCNC(=O)N[C@H](C)c1cccc(NC(C)=O)c1. The first kappa shape index (κ1) is 18.4. The first-order valence-corrected chi connectivity index (χ1v) is 8.68. The van der Waals surface area contributed by atoms with Gasteiger partial charge in [-0.1, -0.05) is 19.1 Å². The number of anilines is 1. The molecule has 1 atom stereocenters. The molecule has 1 aromatic rings. The molecule has 0 aliphatic carbocycles. The highest BCUT2D eigenvalue weighted by molar-refractivity contribution is 7.99. The van der Waals surface area contributed by atoms with Crippen molar-refractivity contribution in [2.45, 2.75) is 33.2 Å². The van der Waals surface area contributed by atoms with E-state index in [1.54, 1.807) is 0 Å². The van der Waals surface area contributed by atoms with Gasteiger partial charge in [0.2, 0.25) is 5.91 Å². The smallest absolute Gasteiger partial charge is 0.315 e. The van der Waals surface area contributed by atoms with E-state index in [1.165, 1.54) is 6.92 Å². The molecule has 0 saturated heterocycles. The fraction of sp³-hybridized carbons (Fsp3) is 0.500. The second-order valence-electron chi connectivity index (χ2n) is 4.98. The maximum atomic E-state index is 11.8. The summed E-state index contributed by atoms with van der Waals surface area (Å²) in [6.07, 6.45) is 0.971. The number of nitrogens with one attached hydrogen (secondary N) is 3. The lowest BCUT2D eigenvalue weighted by Gasteiger charge is -2.16. The minimum atomic E-state index is -0.168. The maximum absolute atomic E-state index is 11.8. The van der Waals surface area contributed by atoms with E-state index in [0.29, 0.717) is 6.54 Å². The molecule has 3 N–H and O–H groups in total. The van der Waals surface area contributed by atoms with E-state index in [2.05, 4.69) is 22.9 Å². The van der Waals surface area contributed by atoms with Crippen LogP contribution in [-0.4, -0.2) is 30.0 Å². The molecule has 122 valence electrons. The number of urea groups is 1. The number of carbonyl (C=O) groups is 2. The van der Waals surface area contributed by atoms with Gasteiger partial charge in [0.25, 0.3) is 0 Å². The second kappa shape index (κ2) is 10.1. The summed E-state index contributed by atoms with van der Waals surface area (Å²) >= 11 is 1.87. The van der Waals surface area contributed by atoms with Gasteiger partial charge in [0, 0.05) is 19.2 Å². The molecule has 3 amide bonds. The third-order valence-corrected chi connectivity index (χ3v) is 4.00. The summed E-state index contributed by atoms with van der Waals surface area (Å²) in [5.74, 6) is 2.05. The quantitative estimate of drug-likeness (QED) is 0.644. The standard InChI is InChI=1S/C16H25N3O2S/c1-4-22-10-6-9-17-16(21)18-12(2)14-7-5-8-15(11-14)19-13(3)20/h5,7-8,11-12H,4,6,9-10H2,1-3H3,(H,19,20)(H2,17,18,21)/t12-/m1/s1. The summed E-state index contributed by atoms with van der Waals surface area (Å²) in [4.78, 5) is 22.9. The predicted molar refractivity (Wildman–Crippen MR) is 93.3 cm³/mol. The van der Waals surface area contributed by atoms with Crippen molar-refractivity contribution in [2.24, 2.45) is 0 Å². The Morgan fingerprint density at radius 2 is 2.09 bits per heavy atom. The summed E-state index contributed by atoms with van der Waals surface area (Å²) in [5, 5.41) is 8.49. The van der Waals surface area contributed by atoms with Gasteiger partial charge in [-0.2, -0.15) is 11.8 Å². The number of benzene rings is 1. The summed E-state index contributed by atoms with van der Waals surface area (Å²) < 4.78 is 0. The maximum Gasteiger partial charge on any atom is 0.315 e. The topological polar surface area (TPSA) is 70.2 Å². The zero-order chi connectivity index (χ0) is 16.4. The molecular formula is C16H25N3O2S. The van der Waals surface area contributed by atoms with Gasteiger partial charge in [0.05, 0.1) is 6.04 Å². The fourth-order valence-corrected chi connectivity index (χ4v) is 2.58. The van der Waals surface area contributed by atoms with Crippen LogP contribution in [0.2, 0.25) is 0 Å². The molecule has 6 heteroatoms. The number of amides is 3. The van der Waals surface area contributed by atoms with Crippen molar-refractivity contribution in [1.29, 1.82) is 0 Å². The molecule has 0 aliphatic heterocycles. The Labute approximate surface area is 136 Å². The minimum absolute atomic E-state index is 0.111. The van der Waals surface area contributed by atoms with Gasteiger partial charge in [-0.15, -0.1) is 0 Å². The molecule has 1 rings (SSSR count). The Morgan fingerprint density at radius 3 is 2.77 bits per heavy atom. The molecule has 0 saturated carbocycles. The van der Waals surface area contributed by atoms with Crippen molar-refractivity contribution in [2.75, 3.05) is 23.4 Å². The van der Waals surface area contributed by atoms with Crippen molar-refractivity contribution < 1.29 is 9.59 Å². The van der Waals surface area contributed by atoms with Crippen LogP contribution in [0, 0.1) is 0 Å². The predicted octanol–water partition coefficient (Wildman–Crippen LogP) is 3.15. The van der Waals surface area contributed by atoms with Crippen LogP contribution in [0.4, 0.5) is 10.5 Å². The first-order chi connectivity index (χ1) is 10.5. The van der Waals surface area contributed by atoms with Crippen molar-refractivity contribution in [3.63, 3.8) is 0 Å². The van der Waals surface area contributed by atoms with E-state index in [0.717, 1.165) is 29.2 Å². The molecule has 0 unspecified atom stereocenters. The Hall–Kier alpha value is -1.69. The van der Waals surface area contributed by atoms with Gasteiger partial charge in [-0.05, 0) is 42.5 Å². The van der Waals surface area contributed by atoms with Crippen molar-refractivity contribution >= 4 is 29.4 Å². The lowest BCUT2D eigenvalue weighted by molar-refractivity contribution is -0.114. The van der Waals surface area contributed by atoms with Crippen LogP contribution in [0.5, 0.6) is 0 Å². The van der Waals surface area contributed by atoms with Crippen molar-refractivity contribution in [3.8, 4) is 0 Å². The number of hydrogen-bond acceptors (Lipinski definition) is 3. The molecule has 0 fully saturated rings. The van der Waals surface area contributed by atoms with E-state index in [4.69, 9.17) is 0 Å². The summed E-state index contributed by atoms with van der Waals surface area (Å²) in [6, 6.07) is 7.18. The third kappa shape index (κ3) is 7.36. The van der Waals surface area contributed by atoms with Crippen LogP contribution < -0.4 is 16.0 Å². The minimum Gasteiger partial charge on any atom is -0.338 e.